The van der Waals surface area contributed by atoms with Crippen molar-refractivity contribution in [3.8, 4) is 0 Å². The number of imide groups is 1. The monoisotopic (exact) mass is 540 g/mol. The van der Waals surface area contributed by atoms with Gasteiger partial charge in [-0.1, -0.05) is 96.8 Å². The van der Waals surface area contributed by atoms with Crippen molar-refractivity contribution < 1.29 is 33.5 Å². The fourth-order valence-corrected chi connectivity index (χ4v) is 4.29. The van der Waals surface area contributed by atoms with Crippen molar-refractivity contribution >= 4 is 23.7 Å². The molecular formula is C29H52N2O7. The molecule has 38 heavy (non-hydrogen) atoms. The van der Waals surface area contributed by atoms with Crippen molar-refractivity contribution in [1.82, 2.24) is 10.4 Å². The van der Waals surface area contributed by atoms with Gasteiger partial charge in [0, 0.05) is 25.8 Å². The lowest BCUT2D eigenvalue weighted by Crippen LogP contribution is -2.32. The maximum Gasteiger partial charge on any atom is 0.335 e. The first-order chi connectivity index (χ1) is 18.5. The molecule has 3 amide bonds. The van der Waals surface area contributed by atoms with Crippen molar-refractivity contribution in [3.63, 3.8) is 0 Å². The smallest absolute Gasteiger partial charge is 0.335 e. The van der Waals surface area contributed by atoms with Gasteiger partial charge in [-0.25, -0.2) is 4.79 Å². The summed E-state index contributed by atoms with van der Waals surface area (Å²) in [6, 6.07) is 0. The van der Waals surface area contributed by atoms with Gasteiger partial charge in [0.1, 0.15) is 0 Å². The number of amides is 3. The second-order valence-electron chi connectivity index (χ2n) is 10.1. The highest BCUT2D eigenvalue weighted by molar-refractivity contribution is 6.01. The van der Waals surface area contributed by atoms with Crippen molar-refractivity contribution in [2.24, 2.45) is 0 Å². The lowest BCUT2D eigenvalue weighted by atomic mass is 10.0. The van der Waals surface area contributed by atoms with Crippen LogP contribution in [0.15, 0.2) is 0 Å². The molecule has 0 bridgehead atoms. The Labute approximate surface area is 229 Å². The summed E-state index contributed by atoms with van der Waals surface area (Å²) in [7, 11) is 0. The molecule has 1 N–H and O–H groups in total. The number of carbonyl (C=O) groups excluding carboxylic acids is 4. The molecule has 9 heteroatoms. The Bertz CT molecular complexity index is 641. The van der Waals surface area contributed by atoms with E-state index in [1.807, 2.05) is 0 Å². The topological polar surface area (TPSA) is 111 Å². The standard InChI is InChI=1S/C29H52N2O7/c1-2-3-4-5-6-7-8-9-10-11-12-13-14-15-16-17-26(32)30-21-23-37-25-24-36-22-20-29(35)38-31-27(33)18-19-28(31)34/h2-25H2,1H3,(H,30,32). The molecule has 0 spiro atoms. The van der Waals surface area contributed by atoms with Gasteiger partial charge in [-0.15, -0.1) is 5.06 Å². The number of nitrogens with zero attached hydrogens (tertiary/aromatic N) is 1. The molecule has 0 aromatic carbocycles. The summed E-state index contributed by atoms with van der Waals surface area (Å²) >= 11 is 0. The quantitative estimate of drug-likeness (QED) is 0.116. The normalized spacial score (nSPS) is 13.3. The van der Waals surface area contributed by atoms with Crippen LogP contribution in [0.4, 0.5) is 0 Å². The summed E-state index contributed by atoms with van der Waals surface area (Å²) in [6.45, 7) is 3.86. The molecule has 9 nitrogen and oxygen atoms in total. The number of rotatable bonds is 26. The van der Waals surface area contributed by atoms with E-state index in [-0.39, 0.29) is 31.8 Å². The Morgan fingerprint density at radius 3 is 1.66 bits per heavy atom. The SMILES string of the molecule is CCCCCCCCCCCCCCCCCC(=O)NCCOCCOCCC(=O)ON1C(=O)CCC1=O. The van der Waals surface area contributed by atoms with Gasteiger partial charge < -0.3 is 19.6 Å². The minimum absolute atomic E-state index is 0.0630. The molecule has 1 rings (SSSR count). The average Bonchev–Trinajstić information content (AvgIpc) is 3.22. The van der Waals surface area contributed by atoms with E-state index in [0.29, 0.717) is 37.8 Å². The Hall–Kier alpha value is -2.00. The van der Waals surface area contributed by atoms with Crippen LogP contribution in [-0.4, -0.2) is 61.7 Å². The molecule has 0 atom stereocenters. The molecule has 0 aromatic heterocycles. The van der Waals surface area contributed by atoms with Gasteiger partial charge in [0.2, 0.25) is 5.91 Å². The van der Waals surface area contributed by atoms with E-state index in [0.717, 1.165) is 12.8 Å². The van der Waals surface area contributed by atoms with Crippen LogP contribution in [0.1, 0.15) is 129 Å². The maximum atomic E-state index is 11.9. The highest BCUT2D eigenvalue weighted by Gasteiger charge is 2.32. The molecule has 220 valence electrons. The van der Waals surface area contributed by atoms with Crippen LogP contribution >= 0.6 is 0 Å². The third-order valence-corrected chi connectivity index (χ3v) is 6.60. The lowest BCUT2D eigenvalue weighted by molar-refractivity contribution is -0.198. The molecule has 0 aromatic rings. The van der Waals surface area contributed by atoms with Crippen LogP contribution in [0.5, 0.6) is 0 Å². The number of nitrogens with one attached hydrogen (secondary N) is 1. The first kappa shape index (κ1) is 34.0. The number of hydrogen-bond acceptors (Lipinski definition) is 7. The molecule has 1 aliphatic rings. The molecule has 1 aliphatic heterocycles. The van der Waals surface area contributed by atoms with Crippen molar-refractivity contribution in [2.75, 3.05) is 33.0 Å². The van der Waals surface area contributed by atoms with Gasteiger partial charge in [-0.05, 0) is 6.42 Å². The molecule has 1 saturated heterocycles. The average molecular weight is 541 g/mol. The highest BCUT2D eigenvalue weighted by Crippen LogP contribution is 2.14. The Kier molecular flexibility index (Phi) is 21.6. The molecule has 0 aliphatic carbocycles. The van der Waals surface area contributed by atoms with Gasteiger partial charge >= 0.3 is 5.97 Å². The summed E-state index contributed by atoms with van der Waals surface area (Å²) in [5, 5.41) is 3.39. The maximum absolute atomic E-state index is 11.9. The number of hydrogen-bond donors (Lipinski definition) is 1. The first-order valence-electron chi connectivity index (χ1n) is 15.0. The third-order valence-electron chi connectivity index (χ3n) is 6.60. The van der Waals surface area contributed by atoms with Crippen LogP contribution in [0, 0.1) is 0 Å². The second kappa shape index (κ2) is 24.1. The molecular weight excluding hydrogens is 488 g/mol. The van der Waals surface area contributed by atoms with Crippen LogP contribution < -0.4 is 5.32 Å². The third kappa shape index (κ3) is 19.1. The zero-order valence-corrected chi connectivity index (χ0v) is 23.8. The van der Waals surface area contributed by atoms with E-state index in [1.54, 1.807) is 0 Å². The Morgan fingerprint density at radius 2 is 1.13 bits per heavy atom. The highest BCUT2D eigenvalue weighted by atomic mass is 16.7. The molecule has 0 unspecified atom stereocenters. The van der Waals surface area contributed by atoms with Crippen molar-refractivity contribution in [3.05, 3.63) is 0 Å². The number of carbonyl (C=O) groups is 4. The lowest BCUT2D eigenvalue weighted by Gasteiger charge is -2.12. The summed E-state index contributed by atoms with van der Waals surface area (Å²) in [5.74, 6) is -1.63. The fraction of sp³-hybridized carbons (Fsp3) is 0.862. The van der Waals surface area contributed by atoms with Crippen molar-refractivity contribution in [1.29, 1.82) is 0 Å². The van der Waals surface area contributed by atoms with Crippen molar-refractivity contribution in [2.45, 2.75) is 129 Å². The second-order valence-corrected chi connectivity index (χ2v) is 10.1. The zero-order chi connectivity index (χ0) is 27.7. The van der Waals surface area contributed by atoms with Gasteiger partial charge in [0.15, 0.2) is 0 Å². The first-order valence-corrected chi connectivity index (χ1v) is 15.0. The predicted molar refractivity (Wildman–Crippen MR) is 146 cm³/mol. The van der Waals surface area contributed by atoms with Crippen LogP contribution in [0.2, 0.25) is 0 Å². The summed E-state index contributed by atoms with van der Waals surface area (Å²) in [4.78, 5) is 51.0. The van der Waals surface area contributed by atoms with Crippen LogP contribution in [0.3, 0.4) is 0 Å². The van der Waals surface area contributed by atoms with E-state index in [4.69, 9.17) is 14.3 Å². The molecule has 0 saturated carbocycles. The van der Waals surface area contributed by atoms with Crippen LogP contribution in [-0.2, 0) is 33.5 Å². The fourth-order valence-electron chi connectivity index (χ4n) is 4.29. The van der Waals surface area contributed by atoms with E-state index in [2.05, 4.69) is 12.2 Å². The van der Waals surface area contributed by atoms with E-state index in [1.165, 1.54) is 83.5 Å². The molecule has 1 heterocycles. The predicted octanol–water partition coefficient (Wildman–Crippen LogP) is 5.39. The number of ether oxygens (including phenoxy) is 2. The molecule has 0 radical (unpaired) electrons. The Morgan fingerprint density at radius 1 is 0.658 bits per heavy atom. The Balaban J connectivity index is 1.76. The summed E-state index contributed by atoms with van der Waals surface area (Å²) in [6.07, 6.45) is 20.3. The van der Waals surface area contributed by atoms with Crippen LogP contribution in [0.25, 0.3) is 0 Å². The summed E-state index contributed by atoms with van der Waals surface area (Å²) < 4.78 is 10.7. The molecule has 1 fully saturated rings. The van der Waals surface area contributed by atoms with Gasteiger partial charge in [0.25, 0.3) is 11.8 Å². The van der Waals surface area contributed by atoms with E-state index >= 15 is 0 Å². The van der Waals surface area contributed by atoms with E-state index < -0.39 is 17.8 Å². The number of unbranched alkanes of at least 4 members (excludes halogenated alkanes) is 14. The van der Waals surface area contributed by atoms with E-state index in [9.17, 15) is 19.2 Å². The largest absolute Gasteiger partial charge is 0.378 e. The minimum Gasteiger partial charge on any atom is -0.378 e. The van der Waals surface area contributed by atoms with Gasteiger partial charge in [0.05, 0.1) is 32.8 Å². The summed E-state index contributed by atoms with van der Waals surface area (Å²) in [5.41, 5.74) is 0. The van der Waals surface area contributed by atoms with Gasteiger partial charge in [-0.2, -0.15) is 0 Å². The zero-order valence-electron chi connectivity index (χ0n) is 23.8. The number of hydroxylamine groups is 2. The van der Waals surface area contributed by atoms with Gasteiger partial charge in [-0.3, -0.25) is 14.4 Å². The minimum atomic E-state index is -0.689.